The smallest absolute Gasteiger partial charge is 0.315 e. The lowest BCUT2D eigenvalue weighted by atomic mass is 10.1. The first-order valence-electron chi connectivity index (χ1n) is 5.32. The molecule has 0 radical (unpaired) electrons. The zero-order valence-corrected chi connectivity index (χ0v) is 9.88. The van der Waals surface area contributed by atoms with E-state index in [2.05, 4.69) is 17.2 Å². The fourth-order valence-corrected chi connectivity index (χ4v) is 1.14. The van der Waals surface area contributed by atoms with Gasteiger partial charge in [0.1, 0.15) is 0 Å². The lowest BCUT2D eigenvalue weighted by Gasteiger charge is -2.14. The Hall–Kier alpha value is -1.52. The SMILES string of the molecule is C=C(C)CNC(=O)NC(C)CCCC(=O)O. The summed E-state index contributed by atoms with van der Waals surface area (Å²) >= 11 is 0. The maximum Gasteiger partial charge on any atom is 0.315 e. The maximum atomic E-state index is 11.3. The first-order valence-corrected chi connectivity index (χ1v) is 5.32. The molecule has 0 aliphatic carbocycles. The lowest BCUT2D eigenvalue weighted by Crippen LogP contribution is -2.41. The van der Waals surface area contributed by atoms with Crippen molar-refractivity contribution in [2.45, 2.75) is 39.2 Å². The largest absolute Gasteiger partial charge is 0.481 e. The number of carbonyl (C=O) groups excluding carboxylic acids is 1. The van der Waals surface area contributed by atoms with Crippen LogP contribution in [-0.2, 0) is 4.79 Å². The number of urea groups is 1. The second-order valence-corrected chi connectivity index (χ2v) is 3.97. The van der Waals surface area contributed by atoms with Crippen LogP contribution in [-0.4, -0.2) is 29.7 Å². The van der Waals surface area contributed by atoms with E-state index in [1.165, 1.54) is 0 Å². The molecule has 2 amide bonds. The van der Waals surface area contributed by atoms with Crippen molar-refractivity contribution in [2.75, 3.05) is 6.54 Å². The van der Waals surface area contributed by atoms with Gasteiger partial charge in [0.15, 0.2) is 0 Å². The molecule has 3 N–H and O–H groups in total. The predicted octanol–water partition coefficient (Wildman–Crippen LogP) is 1.51. The van der Waals surface area contributed by atoms with Crippen molar-refractivity contribution < 1.29 is 14.7 Å². The number of aliphatic carboxylic acids is 1. The van der Waals surface area contributed by atoms with Gasteiger partial charge in [0.2, 0.25) is 0 Å². The number of carboxylic acid groups (broad SMARTS) is 1. The van der Waals surface area contributed by atoms with Crippen molar-refractivity contribution in [1.82, 2.24) is 10.6 Å². The zero-order chi connectivity index (χ0) is 12.6. The summed E-state index contributed by atoms with van der Waals surface area (Å²) in [6, 6.07) is -0.268. The molecule has 1 atom stereocenters. The van der Waals surface area contributed by atoms with Crippen molar-refractivity contribution in [3.63, 3.8) is 0 Å². The quantitative estimate of drug-likeness (QED) is 0.578. The van der Waals surface area contributed by atoms with Gasteiger partial charge in [0.25, 0.3) is 0 Å². The van der Waals surface area contributed by atoms with Gasteiger partial charge in [0.05, 0.1) is 0 Å². The third-order valence-electron chi connectivity index (χ3n) is 1.96. The van der Waals surface area contributed by atoms with Crippen LogP contribution in [0.5, 0.6) is 0 Å². The summed E-state index contributed by atoms with van der Waals surface area (Å²) in [6.07, 6.45) is 1.36. The van der Waals surface area contributed by atoms with Crippen molar-refractivity contribution in [3.05, 3.63) is 12.2 Å². The van der Waals surface area contributed by atoms with Crippen LogP contribution in [0, 0.1) is 0 Å². The molecule has 0 heterocycles. The Kier molecular flexibility index (Phi) is 7.00. The Morgan fingerprint density at radius 2 is 2.06 bits per heavy atom. The molecular formula is C11H20N2O3. The number of nitrogens with one attached hydrogen (secondary N) is 2. The summed E-state index contributed by atoms with van der Waals surface area (Å²) in [5, 5.41) is 13.8. The minimum absolute atomic E-state index is 0.0236. The average Bonchev–Trinajstić information content (AvgIpc) is 2.14. The van der Waals surface area contributed by atoms with Gasteiger partial charge in [-0.1, -0.05) is 12.2 Å². The van der Waals surface area contributed by atoms with Crippen molar-refractivity contribution in [2.24, 2.45) is 0 Å². The Morgan fingerprint density at radius 3 is 2.56 bits per heavy atom. The van der Waals surface area contributed by atoms with E-state index < -0.39 is 5.97 Å². The molecule has 0 aromatic rings. The van der Waals surface area contributed by atoms with Crippen LogP contribution in [0.2, 0.25) is 0 Å². The highest BCUT2D eigenvalue weighted by atomic mass is 16.4. The van der Waals surface area contributed by atoms with Crippen molar-refractivity contribution in [3.8, 4) is 0 Å². The first-order chi connectivity index (χ1) is 7.41. The summed E-state index contributed by atoms with van der Waals surface area (Å²) in [7, 11) is 0. The van der Waals surface area contributed by atoms with E-state index >= 15 is 0 Å². The minimum atomic E-state index is -0.807. The molecule has 0 bridgehead atoms. The Labute approximate surface area is 95.9 Å². The summed E-state index contributed by atoms with van der Waals surface area (Å²) in [4.78, 5) is 21.5. The van der Waals surface area contributed by atoms with E-state index in [1.807, 2.05) is 13.8 Å². The standard InChI is InChI=1S/C11H20N2O3/c1-8(2)7-12-11(16)13-9(3)5-4-6-10(14)15/h9H,1,4-7H2,2-3H3,(H,14,15)(H2,12,13,16). The fourth-order valence-electron chi connectivity index (χ4n) is 1.14. The molecule has 5 nitrogen and oxygen atoms in total. The molecule has 0 fully saturated rings. The highest BCUT2D eigenvalue weighted by Gasteiger charge is 2.07. The normalized spacial score (nSPS) is 11.6. The van der Waals surface area contributed by atoms with Crippen molar-refractivity contribution >= 4 is 12.0 Å². The van der Waals surface area contributed by atoms with Gasteiger partial charge in [-0.05, 0) is 26.7 Å². The van der Waals surface area contributed by atoms with E-state index in [0.29, 0.717) is 19.4 Å². The summed E-state index contributed by atoms with van der Waals surface area (Å²) in [5.74, 6) is -0.807. The summed E-state index contributed by atoms with van der Waals surface area (Å²) in [6.45, 7) is 7.80. The number of hydrogen-bond donors (Lipinski definition) is 3. The van der Waals surface area contributed by atoms with Crippen LogP contribution < -0.4 is 10.6 Å². The number of amides is 2. The Balaban J connectivity index is 3.61. The molecule has 0 aliphatic heterocycles. The third kappa shape index (κ3) is 9.05. The molecule has 5 heteroatoms. The van der Waals surface area contributed by atoms with Gasteiger partial charge in [-0.25, -0.2) is 4.79 Å². The Bertz CT molecular complexity index is 264. The first kappa shape index (κ1) is 14.5. The maximum absolute atomic E-state index is 11.3. The molecule has 16 heavy (non-hydrogen) atoms. The molecule has 1 unspecified atom stereocenters. The van der Waals surface area contributed by atoms with E-state index in [0.717, 1.165) is 5.57 Å². The molecule has 92 valence electrons. The molecule has 0 saturated heterocycles. The monoisotopic (exact) mass is 228 g/mol. The van der Waals surface area contributed by atoms with Gasteiger partial charge in [-0.3, -0.25) is 4.79 Å². The predicted molar refractivity (Wildman–Crippen MR) is 62.3 cm³/mol. The lowest BCUT2D eigenvalue weighted by molar-refractivity contribution is -0.137. The highest BCUT2D eigenvalue weighted by molar-refractivity contribution is 5.74. The van der Waals surface area contributed by atoms with Crippen LogP contribution in [0.15, 0.2) is 12.2 Å². The van der Waals surface area contributed by atoms with E-state index in [9.17, 15) is 9.59 Å². The van der Waals surface area contributed by atoms with E-state index in [1.54, 1.807) is 0 Å². The molecule has 0 spiro atoms. The minimum Gasteiger partial charge on any atom is -0.481 e. The van der Waals surface area contributed by atoms with Gasteiger partial charge < -0.3 is 15.7 Å². The van der Waals surface area contributed by atoms with Crippen LogP contribution >= 0.6 is 0 Å². The van der Waals surface area contributed by atoms with Gasteiger partial charge in [-0.2, -0.15) is 0 Å². The molecule has 0 rings (SSSR count). The molecule has 0 aliphatic rings. The van der Waals surface area contributed by atoms with Crippen LogP contribution in [0.3, 0.4) is 0 Å². The molecule has 0 saturated carbocycles. The van der Waals surface area contributed by atoms with Gasteiger partial charge in [-0.15, -0.1) is 0 Å². The molecule has 0 aromatic carbocycles. The van der Waals surface area contributed by atoms with E-state index in [4.69, 9.17) is 5.11 Å². The third-order valence-corrected chi connectivity index (χ3v) is 1.96. The summed E-state index contributed by atoms with van der Waals surface area (Å²) < 4.78 is 0. The van der Waals surface area contributed by atoms with Gasteiger partial charge >= 0.3 is 12.0 Å². The number of hydrogen-bond acceptors (Lipinski definition) is 2. The number of rotatable bonds is 7. The molecular weight excluding hydrogens is 208 g/mol. The topological polar surface area (TPSA) is 78.4 Å². The second kappa shape index (κ2) is 7.73. The average molecular weight is 228 g/mol. The van der Waals surface area contributed by atoms with Crippen LogP contribution in [0.4, 0.5) is 4.79 Å². The van der Waals surface area contributed by atoms with Gasteiger partial charge in [0, 0.05) is 19.0 Å². The molecule has 0 aromatic heterocycles. The van der Waals surface area contributed by atoms with Crippen LogP contribution in [0.1, 0.15) is 33.1 Å². The van der Waals surface area contributed by atoms with Crippen molar-refractivity contribution in [1.29, 1.82) is 0 Å². The van der Waals surface area contributed by atoms with E-state index in [-0.39, 0.29) is 18.5 Å². The number of carboxylic acids is 1. The zero-order valence-electron chi connectivity index (χ0n) is 9.88. The fraction of sp³-hybridized carbons (Fsp3) is 0.636. The van der Waals surface area contributed by atoms with Crippen LogP contribution in [0.25, 0.3) is 0 Å². The second-order valence-electron chi connectivity index (χ2n) is 3.97. The summed E-state index contributed by atoms with van der Waals surface area (Å²) in [5.41, 5.74) is 0.883. The Morgan fingerprint density at radius 1 is 1.44 bits per heavy atom. The highest BCUT2D eigenvalue weighted by Crippen LogP contribution is 2.00. The number of carbonyl (C=O) groups is 2.